The highest BCUT2D eigenvalue weighted by Gasteiger charge is 2.25. The molecule has 0 aromatic heterocycles. The minimum atomic E-state index is -3.09. The van der Waals surface area contributed by atoms with Crippen molar-refractivity contribution in [1.29, 1.82) is 0 Å². The lowest BCUT2D eigenvalue weighted by atomic mass is 9.87. The van der Waals surface area contributed by atoms with E-state index in [4.69, 9.17) is 0 Å². The SMILES string of the molecule is CC(C)NCCCCS(=O)(=O)NC1CCCCC1C. The third-order valence-electron chi connectivity index (χ3n) is 3.83. The van der Waals surface area contributed by atoms with Crippen LogP contribution in [0.4, 0.5) is 0 Å². The fraction of sp³-hybridized carbons (Fsp3) is 1.00. The van der Waals surface area contributed by atoms with Gasteiger partial charge in [0.25, 0.3) is 0 Å². The summed E-state index contributed by atoms with van der Waals surface area (Å²) in [5, 5.41) is 3.30. The molecule has 0 aromatic rings. The van der Waals surface area contributed by atoms with Gasteiger partial charge in [0.1, 0.15) is 0 Å². The quantitative estimate of drug-likeness (QED) is 0.674. The summed E-state index contributed by atoms with van der Waals surface area (Å²) >= 11 is 0. The molecule has 0 radical (unpaired) electrons. The fourth-order valence-electron chi connectivity index (χ4n) is 2.59. The normalized spacial score (nSPS) is 24.8. The van der Waals surface area contributed by atoms with Gasteiger partial charge < -0.3 is 5.32 Å². The third kappa shape index (κ3) is 7.28. The van der Waals surface area contributed by atoms with Crippen molar-refractivity contribution in [2.75, 3.05) is 12.3 Å². The Balaban J connectivity index is 2.23. The molecule has 0 bridgehead atoms. The number of hydrogen-bond donors (Lipinski definition) is 2. The lowest BCUT2D eigenvalue weighted by Crippen LogP contribution is -2.42. The van der Waals surface area contributed by atoms with Crippen LogP contribution in [-0.2, 0) is 10.0 Å². The molecule has 2 atom stereocenters. The molecule has 0 aromatic carbocycles. The number of unbranched alkanes of at least 4 members (excludes halogenated alkanes) is 1. The minimum absolute atomic E-state index is 0.160. The molecule has 1 aliphatic rings. The maximum absolute atomic E-state index is 12.0. The van der Waals surface area contributed by atoms with Gasteiger partial charge >= 0.3 is 0 Å². The molecule has 0 spiro atoms. The minimum Gasteiger partial charge on any atom is -0.315 e. The molecule has 4 nitrogen and oxygen atoms in total. The zero-order chi connectivity index (χ0) is 14.3. The van der Waals surface area contributed by atoms with Crippen molar-refractivity contribution in [1.82, 2.24) is 10.0 Å². The van der Waals surface area contributed by atoms with E-state index in [1.807, 2.05) is 0 Å². The van der Waals surface area contributed by atoms with Gasteiger partial charge in [0.15, 0.2) is 0 Å². The summed E-state index contributed by atoms with van der Waals surface area (Å²) in [5.74, 6) is 0.738. The van der Waals surface area contributed by atoms with E-state index in [9.17, 15) is 8.42 Å². The molecule has 0 aliphatic heterocycles. The molecule has 0 saturated heterocycles. The van der Waals surface area contributed by atoms with Crippen LogP contribution in [0.2, 0.25) is 0 Å². The van der Waals surface area contributed by atoms with E-state index in [2.05, 4.69) is 30.8 Å². The molecule has 19 heavy (non-hydrogen) atoms. The average Bonchev–Trinajstić information content (AvgIpc) is 2.31. The van der Waals surface area contributed by atoms with Crippen LogP contribution in [0.5, 0.6) is 0 Å². The summed E-state index contributed by atoms with van der Waals surface area (Å²) in [6.07, 6.45) is 6.17. The van der Waals surface area contributed by atoms with Crippen LogP contribution in [0, 0.1) is 5.92 Å². The second-order valence-corrected chi connectivity index (χ2v) is 7.99. The zero-order valence-electron chi connectivity index (χ0n) is 12.6. The van der Waals surface area contributed by atoms with E-state index in [0.717, 1.165) is 38.6 Å². The van der Waals surface area contributed by atoms with E-state index >= 15 is 0 Å². The largest absolute Gasteiger partial charge is 0.315 e. The summed E-state index contributed by atoms with van der Waals surface area (Å²) < 4.78 is 26.9. The van der Waals surface area contributed by atoms with Crippen molar-refractivity contribution in [3.8, 4) is 0 Å². The molecule has 1 saturated carbocycles. The predicted molar refractivity (Wildman–Crippen MR) is 80.7 cm³/mol. The van der Waals surface area contributed by atoms with Gasteiger partial charge in [0.2, 0.25) is 10.0 Å². The molecule has 2 unspecified atom stereocenters. The van der Waals surface area contributed by atoms with Gasteiger partial charge in [-0.15, -0.1) is 0 Å². The van der Waals surface area contributed by atoms with E-state index in [-0.39, 0.29) is 11.8 Å². The molecule has 1 rings (SSSR count). The highest BCUT2D eigenvalue weighted by atomic mass is 32.2. The first-order chi connectivity index (χ1) is 8.91. The van der Waals surface area contributed by atoms with Crippen LogP contribution in [-0.4, -0.2) is 32.8 Å². The summed E-state index contributed by atoms with van der Waals surface area (Å²) in [4.78, 5) is 0. The number of nitrogens with one attached hydrogen (secondary N) is 2. The molecular weight excluding hydrogens is 260 g/mol. The van der Waals surface area contributed by atoms with Crippen LogP contribution < -0.4 is 10.0 Å². The topological polar surface area (TPSA) is 58.2 Å². The molecule has 2 N–H and O–H groups in total. The predicted octanol–water partition coefficient (Wildman–Crippen LogP) is 2.26. The highest BCUT2D eigenvalue weighted by Crippen LogP contribution is 2.24. The lowest BCUT2D eigenvalue weighted by molar-refractivity contribution is 0.310. The van der Waals surface area contributed by atoms with Crippen LogP contribution in [0.15, 0.2) is 0 Å². The fourth-order valence-corrected chi connectivity index (χ4v) is 4.10. The van der Waals surface area contributed by atoms with Gasteiger partial charge in [0.05, 0.1) is 5.75 Å². The van der Waals surface area contributed by atoms with Crippen LogP contribution in [0.1, 0.15) is 59.3 Å². The first-order valence-corrected chi connectivity index (χ1v) is 9.29. The van der Waals surface area contributed by atoms with Crippen LogP contribution in [0.25, 0.3) is 0 Å². The van der Waals surface area contributed by atoms with Crippen LogP contribution in [0.3, 0.4) is 0 Å². The van der Waals surface area contributed by atoms with Crippen molar-refractivity contribution in [3.05, 3.63) is 0 Å². The van der Waals surface area contributed by atoms with E-state index in [0.29, 0.717) is 12.0 Å². The van der Waals surface area contributed by atoms with Crippen molar-refractivity contribution < 1.29 is 8.42 Å². The Hall–Kier alpha value is -0.130. The van der Waals surface area contributed by atoms with E-state index < -0.39 is 10.0 Å². The van der Waals surface area contributed by atoms with E-state index in [1.165, 1.54) is 6.42 Å². The molecule has 1 fully saturated rings. The molecule has 5 heteroatoms. The van der Waals surface area contributed by atoms with Crippen molar-refractivity contribution >= 4 is 10.0 Å². The highest BCUT2D eigenvalue weighted by molar-refractivity contribution is 7.89. The first-order valence-electron chi connectivity index (χ1n) is 7.64. The molecule has 0 amide bonds. The summed E-state index contributed by atoms with van der Waals surface area (Å²) in [6, 6.07) is 0.630. The van der Waals surface area contributed by atoms with Crippen LogP contribution >= 0.6 is 0 Å². The maximum Gasteiger partial charge on any atom is 0.211 e. The van der Waals surface area contributed by atoms with Gasteiger partial charge in [-0.3, -0.25) is 0 Å². The molecular formula is C14H30N2O2S. The van der Waals surface area contributed by atoms with Crippen molar-refractivity contribution in [2.45, 2.75) is 71.4 Å². The Kier molecular flexibility index (Phi) is 7.32. The van der Waals surface area contributed by atoms with Crippen molar-refractivity contribution in [3.63, 3.8) is 0 Å². The summed E-state index contributed by atoms with van der Waals surface area (Å²) in [5.41, 5.74) is 0. The Bertz CT molecular complexity index is 341. The van der Waals surface area contributed by atoms with Gasteiger partial charge in [0, 0.05) is 12.1 Å². The smallest absolute Gasteiger partial charge is 0.211 e. The lowest BCUT2D eigenvalue weighted by Gasteiger charge is -2.29. The Morgan fingerprint density at radius 2 is 1.84 bits per heavy atom. The standard InChI is InChI=1S/C14H30N2O2S/c1-12(2)15-10-6-7-11-19(17,18)16-14-9-5-4-8-13(14)3/h12-16H,4-11H2,1-3H3. The number of rotatable bonds is 8. The summed E-state index contributed by atoms with van der Waals surface area (Å²) in [7, 11) is -3.09. The number of sulfonamides is 1. The zero-order valence-corrected chi connectivity index (χ0v) is 13.4. The maximum atomic E-state index is 12.0. The Labute approximate surface area is 118 Å². The third-order valence-corrected chi connectivity index (χ3v) is 5.32. The Morgan fingerprint density at radius 1 is 1.16 bits per heavy atom. The average molecular weight is 290 g/mol. The second kappa shape index (κ2) is 8.22. The van der Waals surface area contributed by atoms with Gasteiger partial charge in [-0.1, -0.05) is 33.6 Å². The monoisotopic (exact) mass is 290 g/mol. The van der Waals surface area contributed by atoms with Gasteiger partial charge in [-0.25, -0.2) is 13.1 Å². The number of hydrogen-bond acceptors (Lipinski definition) is 3. The van der Waals surface area contributed by atoms with E-state index in [1.54, 1.807) is 0 Å². The van der Waals surface area contributed by atoms with Gasteiger partial charge in [-0.05, 0) is 38.1 Å². The van der Waals surface area contributed by atoms with Crippen molar-refractivity contribution in [2.24, 2.45) is 5.92 Å². The molecule has 0 heterocycles. The first kappa shape index (κ1) is 16.9. The molecule has 114 valence electrons. The second-order valence-electron chi connectivity index (χ2n) is 6.12. The summed E-state index contributed by atoms with van der Waals surface area (Å²) in [6.45, 7) is 7.25. The van der Waals surface area contributed by atoms with Gasteiger partial charge in [-0.2, -0.15) is 0 Å². The molecule has 1 aliphatic carbocycles. The Morgan fingerprint density at radius 3 is 2.47 bits per heavy atom.